The molecule has 1 N–H and O–H groups in total. The zero-order valence-electron chi connectivity index (χ0n) is 10.4. The van der Waals surface area contributed by atoms with Crippen LogP contribution in [0, 0.1) is 6.92 Å². The van der Waals surface area contributed by atoms with Crippen LogP contribution < -0.4 is 0 Å². The quantitative estimate of drug-likeness (QED) is 0.670. The van der Waals surface area contributed by atoms with Crippen LogP contribution >= 0.6 is 11.6 Å². The SMILES string of the molecule is Cc1ccc(C(=O)/C=C/c2ccc(Cl)cc2)c(O)c1. The molecule has 0 spiro atoms. The molecule has 0 amide bonds. The molecular weight excluding hydrogens is 260 g/mol. The lowest BCUT2D eigenvalue weighted by molar-refractivity contribution is 0.104. The summed E-state index contributed by atoms with van der Waals surface area (Å²) in [5, 5.41) is 10.4. The number of phenolic OH excluding ortho intramolecular Hbond substituents is 1. The van der Waals surface area contributed by atoms with Crippen LogP contribution in [-0.4, -0.2) is 10.9 Å². The van der Waals surface area contributed by atoms with E-state index >= 15 is 0 Å². The molecule has 0 atom stereocenters. The Balaban J connectivity index is 2.18. The van der Waals surface area contributed by atoms with Crippen molar-refractivity contribution >= 4 is 23.5 Å². The average Bonchev–Trinajstić information content (AvgIpc) is 2.37. The molecule has 0 heterocycles. The van der Waals surface area contributed by atoms with E-state index in [0.29, 0.717) is 10.6 Å². The van der Waals surface area contributed by atoms with Gasteiger partial charge in [0.25, 0.3) is 0 Å². The number of carbonyl (C=O) groups is 1. The van der Waals surface area contributed by atoms with E-state index in [4.69, 9.17) is 11.6 Å². The zero-order chi connectivity index (χ0) is 13.8. The summed E-state index contributed by atoms with van der Waals surface area (Å²) in [7, 11) is 0. The Kier molecular flexibility index (Phi) is 4.03. The molecular formula is C16H13ClO2. The van der Waals surface area contributed by atoms with Gasteiger partial charge in [-0.1, -0.05) is 35.9 Å². The second-order valence-corrected chi connectivity index (χ2v) is 4.71. The van der Waals surface area contributed by atoms with Gasteiger partial charge in [0.05, 0.1) is 5.56 Å². The molecule has 0 saturated carbocycles. The summed E-state index contributed by atoms with van der Waals surface area (Å²) >= 11 is 5.78. The first-order valence-electron chi connectivity index (χ1n) is 5.84. The number of carbonyl (C=O) groups excluding carboxylic acids is 1. The monoisotopic (exact) mass is 272 g/mol. The van der Waals surface area contributed by atoms with Gasteiger partial charge in [0.1, 0.15) is 5.75 Å². The molecule has 0 bridgehead atoms. The lowest BCUT2D eigenvalue weighted by atomic mass is 10.1. The maximum atomic E-state index is 11.9. The first kappa shape index (κ1) is 13.4. The van der Waals surface area contributed by atoms with Gasteiger partial charge in [-0.25, -0.2) is 0 Å². The Bertz CT molecular complexity index is 628. The highest BCUT2D eigenvalue weighted by molar-refractivity contribution is 6.30. The third-order valence-electron chi connectivity index (χ3n) is 2.72. The Morgan fingerprint density at radius 1 is 1.16 bits per heavy atom. The molecule has 0 aliphatic heterocycles. The summed E-state index contributed by atoms with van der Waals surface area (Å²) in [5.41, 5.74) is 2.09. The number of aryl methyl sites for hydroxylation is 1. The summed E-state index contributed by atoms with van der Waals surface area (Å²) in [6, 6.07) is 12.2. The Hall–Kier alpha value is -2.06. The Morgan fingerprint density at radius 3 is 2.47 bits per heavy atom. The van der Waals surface area contributed by atoms with Crippen molar-refractivity contribution in [2.45, 2.75) is 6.92 Å². The molecule has 96 valence electrons. The van der Waals surface area contributed by atoms with Crippen molar-refractivity contribution < 1.29 is 9.90 Å². The number of phenols is 1. The minimum atomic E-state index is -0.229. The van der Waals surface area contributed by atoms with Crippen molar-refractivity contribution in [1.29, 1.82) is 0 Å². The standard InChI is InChI=1S/C16H13ClO2/c1-11-2-8-14(16(19)10-11)15(18)9-5-12-3-6-13(17)7-4-12/h2-10,19H,1H3/b9-5+. The third-order valence-corrected chi connectivity index (χ3v) is 2.97. The lowest BCUT2D eigenvalue weighted by Crippen LogP contribution is -1.95. The fraction of sp³-hybridized carbons (Fsp3) is 0.0625. The first-order valence-corrected chi connectivity index (χ1v) is 6.21. The highest BCUT2D eigenvalue weighted by Gasteiger charge is 2.07. The topological polar surface area (TPSA) is 37.3 Å². The van der Waals surface area contributed by atoms with Crippen LogP contribution in [0.5, 0.6) is 5.75 Å². The van der Waals surface area contributed by atoms with Crippen molar-refractivity contribution in [3.8, 4) is 5.75 Å². The molecule has 0 aromatic heterocycles. The fourth-order valence-corrected chi connectivity index (χ4v) is 1.81. The van der Waals surface area contributed by atoms with Gasteiger partial charge in [0.2, 0.25) is 0 Å². The molecule has 0 fully saturated rings. The molecule has 0 radical (unpaired) electrons. The van der Waals surface area contributed by atoms with E-state index in [-0.39, 0.29) is 11.5 Å². The summed E-state index contributed by atoms with van der Waals surface area (Å²) < 4.78 is 0. The molecule has 0 aliphatic rings. The number of rotatable bonds is 3. The van der Waals surface area contributed by atoms with Gasteiger partial charge in [-0.05, 0) is 48.4 Å². The van der Waals surface area contributed by atoms with Crippen LogP contribution in [0.1, 0.15) is 21.5 Å². The van der Waals surface area contributed by atoms with E-state index in [0.717, 1.165) is 11.1 Å². The van der Waals surface area contributed by atoms with Gasteiger partial charge < -0.3 is 5.11 Å². The largest absolute Gasteiger partial charge is 0.507 e. The van der Waals surface area contributed by atoms with Crippen molar-refractivity contribution in [2.24, 2.45) is 0 Å². The number of hydrogen-bond donors (Lipinski definition) is 1. The van der Waals surface area contributed by atoms with Crippen molar-refractivity contribution in [3.63, 3.8) is 0 Å². The van der Waals surface area contributed by atoms with Gasteiger partial charge in [-0.3, -0.25) is 4.79 Å². The zero-order valence-corrected chi connectivity index (χ0v) is 11.2. The number of ketones is 1. The molecule has 19 heavy (non-hydrogen) atoms. The second-order valence-electron chi connectivity index (χ2n) is 4.27. The van der Waals surface area contributed by atoms with E-state index < -0.39 is 0 Å². The van der Waals surface area contributed by atoms with Gasteiger partial charge in [0.15, 0.2) is 5.78 Å². The smallest absolute Gasteiger partial charge is 0.189 e. The van der Waals surface area contributed by atoms with Crippen molar-refractivity contribution in [3.05, 3.63) is 70.3 Å². The summed E-state index contributed by atoms with van der Waals surface area (Å²) in [6.07, 6.45) is 3.13. The van der Waals surface area contributed by atoms with Crippen LogP contribution in [0.4, 0.5) is 0 Å². The van der Waals surface area contributed by atoms with Crippen LogP contribution in [0.15, 0.2) is 48.5 Å². The van der Waals surface area contributed by atoms with Gasteiger partial charge >= 0.3 is 0 Å². The molecule has 3 heteroatoms. The minimum Gasteiger partial charge on any atom is -0.507 e. The molecule has 2 aromatic rings. The van der Waals surface area contributed by atoms with Gasteiger partial charge in [-0.2, -0.15) is 0 Å². The van der Waals surface area contributed by atoms with E-state index in [1.807, 2.05) is 19.1 Å². The summed E-state index contributed by atoms with van der Waals surface area (Å²) in [5.74, 6) is -0.224. The normalized spacial score (nSPS) is 10.8. The van der Waals surface area contributed by atoms with Gasteiger partial charge in [-0.15, -0.1) is 0 Å². The molecule has 2 nitrogen and oxygen atoms in total. The molecule has 2 rings (SSSR count). The van der Waals surface area contributed by atoms with E-state index in [9.17, 15) is 9.90 Å². The predicted molar refractivity (Wildman–Crippen MR) is 77.7 cm³/mol. The molecule has 2 aromatic carbocycles. The number of allylic oxidation sites excluding steroid dienone is 1. The van der Waals surface area contributed by atoms with Crippen molar-refractivity contribution in [1.82, 2.24) is 0 Å². The highest BCUT2D eigenvalue weighted by atomic mass is 35.5. The average molecular weight is 273 g/mol. The second kappa shape index (κ2) is 5.72. The summed E-state index contributed by atoms with van der Waals surface area (Å²) in [6.45, 7) is 1.86. The molecule has 0 aliphatic carbocycles. The van der Waals surface area contributed by atoms with Crippen LogP contribution in [-0.2, 0) is 0 Å². The van der Waals surface area contributed by atoms with Crippen LogP contribution in [0.3, 0.4) is 0 Å². The maximum Gasteiger partial charge on any atom is 0.189 e. The molecule has 0 unspecified atom stereocenters. The number of halogens is 1. The van der Waals surface area contributed by atoms with E-state index in [1.54, 1.807) is 36.4 Å². The van der Waals surface area contributed by atoms with Crippen LogP contribution in [0.2, 0.25) is 5.02 Å². The third kappa shape index (κ3) is 3.46. The molecule has 0 saturated heterocycles. The number of benzene rings is 2. The number of aromatic hydroxyl groups is 1. The predicted octanol–water partition coefficient (Wildman–Crippen LogP) is 4.25. The Labute approximate surface area is 117 Å². The maximum absolute atomic E-state index is 11.9. The van der Waals surface area contributed by atoms with E-state index in [2.05, 4.69) is 0 Å². The lowest BCUT2D eigenvalue weighted by Gasteiger charge is -2.01. The van der Waals surface area contributed by atoms with Crippen LogP contribution in [0.25, 0.3) is 6.08 Å². The Morgan fingerprint density at radius 2 is 1.84 bits per heavy atom. The van der Waals surface area contributed by atoms with Crippen molar-refractivity contribution in [2.75, 3.05) is 0 Å². The van der Waals surface area contributed by atoms with E-state index in [1.165, 1.54) is 6.08 Å². The number of hydrogen-bond acceptors (Lipinski definition) is 2. The fourth-order valence-electron chi connectivity index (χ4n) is 1.69. The highest BCUT2D eigenvalue weighted by Crippen LogP contribution is 2.20. The van der Waals surface area contributed by atoms with Gasteiger partial charge in [0, 0.05) is 5.02 Å². The summed E-state index contributed by atoms with van der Waals surface area (Å²) in [4.78, 5) is 11.9. The minimum absolute atomic E-state index is 0.00533. The first-order chi connectivity index (χ1) is 9.06.